The number of anilines is 1. The number of hydrogen-bond donors (Lipinski definition) is 1. The maximum absolute atomic E-state index is 11.5. The van der Waals surface area contributed by atoms with Crippen LogP contribution in [0.3, 0.4) is 0 Å². The molecule has 1 heterocycles. The van der Waals surface area contributed by atoms with Gasteiger partial charge in [-0.1, -0.05) is 17.7 Å². The molecule has 0 saturated carbocycles. The second-order valence-electron chi connectivity index (χ2n) is 3.24. The van der Waals surface area contributed by atoms with E-state index in [0.717, 1.165) is 0 Å². The standard InChI is InChI=1S/C10H9ClN2O2/c11-7-2-1-3-8(4-7)13-6-9(14)12-5-10(13)15/h1-4H,5-6H2,(H,12,14). The Labute approximate surface area is 91.8 Å². The molecule has 15 heavy (non-hydrogen) atoms. The molecule has 0 aromatic heterocycles. The Balaban J connectivity index is 2.28. The van der Waals surface area contributed by atoms with Crippen molar-refractivity contribution in [3.8, 4) is 0 Å². The Kier molecular flexibility index (Phi) is 2.60. The molecule has 78 valence electrons. The highest BCUT2D eigenvalue weighted by atomic mass is 35.5. The minimum atomic E-state index is -0.158. The molecule has 1 aromatic carbocycles. The fraction of sp³-hybridized carbons (Fsp3) is 0.200. The van der Waals surface area contributed by atoms with Crippen molar-refractivity contribution in [3.05, 3.63) is 29.3 Å². The van der Waals surface area contributed by atoms with Crippen LogP contribution in [0.15, 0.2) is 24.3 Å². The molecule has 0 radical (unpaired) electrons. The first-order valence-electron chi connectivity index (χ1n) is 4.49. The van der Waals surface area contributed by atoms with Gasteiger partial charge < -0.3 is 10.2 Å². The van der Waals surface area contributed by atoms with Crippen molar-refractivity contribution in [2.75, 3.05) is 18.0 Å². The number of halogens is 1. The highest BCUT2D eigenvalue weighted by Gasteiger charge is 2.24. The van der Waals surface area contributed by atoms with Crippen LogP contribution in [-0.2, 0) is 9.59 Å². The zero-order chi connectivity index (χ0) is 10.8. The van der Waals surface area contributed by atoms with Gasteiger partial charge in [-0.25, -0.2) is 0 Å². The number of hydrogen-bond acceptors (Lipinski definition) is 2. The van der Waals surface area contributed by atoms with Crippen LogP contribution in [0, 0.1) is 0 Å². The van der Waals surface area contributed by atoms with Crippen molar-refractivity contribution >= 4 is 29.1 Å². The van der Waals surface area contributed by atoms with Gasteiger partial charge in [-0.3, -0.25) is 9.59 Å². The Morgan fingerprint density at radius 1 is 1.33 bits per heavy atom. The summed E-state index contributed by atoms with van der Waals surface area (Å²) in [5.74, 6) is -0.286. The summed E-state index contributed by atoms with van der Waals surface area (Å²) in [6.45, 7) is 0.102. The average molecular weight is 225 g/mol. The molecule has 0 spiro atoms. The molecular weight excluding hydrogens is 216 g/mol. The minimum Gasteiger partial charge on any atom is -0.345 e. The van der Waals surface area contributed by atoms with Crippen LogP contribution in [0.4, 0.5) is 5.69 Å². The first-order chi connectivity index (χ1) is 7.16. The first kappa shape index (κ1) is 9.98. The van der Waals surface area contributed by atoms with Crippen molar-refractivity contribution in [3.63, 3.8) is 0 Å². The average Bonchev–Trinajstić information content (AvgIpc) is 2.22. The smallest absolute Gasteiger partial charge is 0.246 e. The predicted octanol–water partition coefficient (Wildman–Crippen LogP) is 0.803. The quantitative estimate of drug-likeness (QED) is 0.767. The van der Waals surface area contributed by atoms with Crippen molar-refractivity contribution in [1.82, 2.24) is 5.32 Å². The molecule has 2 amide bonds. The molecule has 2 rings (SSSR count). The van der Waals surface area contributed by atoms with Crippen molar-refractivity contribution in [2.24, 2.45) is 0 Å². The van der Waals surface area contributed by atoms with Crippen LogP contribution in [-0.4, -0.2) is 24.9 Å². The van der Waals surface area contributed by atoms with Crippen LogP contribution < -0.4 is 10.2 Å². The van der Waals surface area contributed by atoms with Gasteiger partial charge in [0.2, 0.25) is 11.8 Å². The molecule has 1 fully saturated rings. The van der Waals surface area contributed by atoms with E-state index in [0.29, 0.717) is 10.7 Å². The van der Waals surface area contributed by atoms with Gasteiger partial charge in [0.15, 0.2) is 0 Å². The Morgan fingerprint density at radius 3 is 2.87 bits per heavy atom. The predicted molar refractivity (Wildman–Crippen MR) is 56.8 cm³/mol. The molecule has 1 aromatic rings. The largest absolute Gasteiger partial charge is 0.345 e. The van der Waals surface area contributed by atoms with Crippen LogP contribution in [0.1, 0.15) is 0 Å². The van der Waals surface area contributed by atoms with Gasteiger partial charge >= 0.3 is 0 Å². The number of nitrogens with zero attached hydrogens (tertiary/aromatic N) is 1. The van der Waals surface area contributed by atoms with Crippen molar-refractivity contribution in [1.29, 1.82) is 0 Å². The topological polar surface area (TPSA) is 49.4 Å². The van der Waals surface area contributed by atoms with E-state index in [4.69, 9.17) is 11.6 Å². The van der Waals surface area contributed by atoms with Crippen molar-refractivity contribution in [2.45, 2.75) is 0 Å². The van der Waals surface area contributed by atoms with Gasteiger partial charge in [-0.2, -0.15) is 0 Å². The van der Waals surface area contributed by atoms with E-state index in [2.05, 4.69) is 5.32 Å². The van der Waals surface area contributed by atoms with Crippen molar-refractivity contribution < 1.29 is 9.59 Å². The third-order valence-electron chi connectivity index (χ3n) is 2.16. The molecule has 5 heteroatoms. The molecule has 0 atom stereocenters. The van der Waals surface area contributed by atoms with Gasteiger partial charge in [0.1, 0.15) is 6.54 Å². The second kappa shape index (κ2) is 3.90. The highest BCUT2D eigenvalue weighted by molar-refractivity contribution is 6.31. The summed E-state index contributed by atoms with van der Waals surface area (Å²) in [6.07, 6.45) is 0. The number of benzene rings is 1. The lowest BCUT2D eigenvalue weighted by atomic mass is 10.2. The third kappa shape index (κ3) is 2.10. The van der Waals surface area contributed by atoms with E-state index < -0.39 is 0 Å². The summed E-state index contributed by atoms with van der Waals surface area (Å²) in [7, 11) is 0. The summed E-state index contributed by atoms with van der Waals surface area (Å²) in [5, 5.41) is 3.03. The Morgan fingerprint density at radius 2 is 2.13 bits per heavy atom. The second-order valence-corrected chi connectivity index (χ2v) is 3.67. The van der Waals surface area contributed by atoms with Crippen LogP contribution in [0.2, 0.25) is 5.02 Å². The lowest BCUT2D eigenvalue weighted by Crippen LogP contribution is -2.51. The Hall–Kier alpha value is -1.55. The maximum atomic E-state index is 11.5. The van der Waals surface area contributed by atoms with Crippen LogP contribution in [0.5, 0.6) is 0 Å². The van der Waals surface area contributed by atoms with Gasteiger partial charge in [0.05, 0.1) is 6.54 Å². The minimum absolute atomic E-state index is 0.0470. The molecule has 0 bridgehead atoms. The number of nitrogens with one attached hydrogen (secondary N) is 1. The zero-order valence-corrected chi connectivity index (χ0v) is 8.62. The van der Waals surface area contributed by atoms with Gasteiger partial charge in [-0.15, -0.1) is 0 Å². The van der Waals surface area contributed by atoms with E-state index in [1.54, 1.807) is 24.3 Å². The fourth-order valence-corrected chi connectivity index (χ4v) is 1.62. The van der Waals surface area contributed by atoms with Gasteiger partial charge in [0.25, 0.3) is 0 Å². The number of carbonyl (C=O) groups excluding carboxylic acids is 2. The molecule has 1 aliphatic heterocycles. The molecule has 1 aliphatic rings. The first-order valence-corrected chi connectivity index (χ1v) is 4.87. The van der Waals surface area contributed by atoms with E-state index >= 15 is 0 Å². The lowest BCUT2D eigenvalue weighted by molar-refractivity contribution is -0.128. The number of amides is 2. The summed E-state index contributed by atoms with van der Waals surface area (Å²) in [5.41, 5.74) is 0.655. The van der Waals surface area contributed by atoms with E-state index in [-0.39, 0.29) is 24.9 Å². The van der Waals surface area contributed by atoms with E-state index in [1.165, 1.54) is 4.90 Å². The molecule has 1 saturated heterocycles. The van der Waals surface area contributed by atoms with E-state index in [1.807, 2.05) is 0 Å². The van der Waals surface area contributed by atoms with Crippen LogP contribution >= 0.6 is 11.6 Å². The molecule has 0 aliphatic carbocycles. The lowest BCUT2D eigenvalue weighted by Gasteiger charge is -2.26. The maximum Gasteiger partial charge on any atom is 0.246 e. The van der Waals surface area contributed by atoms with Gasteiger partial charge in [-0.05, 0) is 18.2 Å². The van der Waals surface area contributed by atoms with E-state index in [9.17, 15) is 9.59 Å². The summed E-state index contributed by atoms with van der Waals surface area (Å²) >= 11 is 5.81. The SMILES string of the molecule is O=C1CN(c2cccc(Cl)c2)C(=O)CN1. The molecule has 1 N–H and O–H groups in total. The molecule has 0 unspecified atom stereocenters. The molecule has 4 nitrogen and oxygen atoms in total. The number of carbonyl (C=O) groups is 2. The normalized spacial score (nSPS) is 16.5. The number of piperazine rings is 1. The third-order valence-corrected chi connectivity index (χ3v) is 2.39. The summed E-state index contributed by atoms with van der Waals surface area (Å²) < 4.78 is 0. The molecular formula is C10H9ClN2O2. The van der Waals surface area contributed by atoms with Gasteiger partial charge in [0, 0.05) is 10.7 Å². The highest BCUT2D eigenvalue weighted by Crippen LogP contribution is 2.20. The van der Waals surface area contributed by atoms with Crippen LogP contribution in [0.25, 0.3) is 0 Å². The monoisotopic (exact) mass is 224 g/mol. The summed E-state index contributed by atoms with van der Waals surface area (Å²) in [6, 6.07) is 6.89. The number of rotatable bonds is 1. The zero-order valence-electron chi connectivity index (χ0n) is 7.87. The fourth-order valence-electron chi connectivity index (χ4n) is 1.44. The Bertz CT molecular complexity index is 420. The summed E-state index contributed by atoms with van der Waals surface area (Å²) in [4.78, 5) is 24.1.